The second-order valence-corrected chi connectivity index (χ2v) is 5.93. The van der Waals surface area contributed by atoms with E-state index >= 15 is 0 Å². The van der Waals surface area contributed by atoms with Crippen molar-refractivity contribution >= 4 is 0 Å². The molecule has 0 spiro atoms. The third-order valence-electron chi connectivity index (χ3n) is 4.21. The van der Waals surface area contributed by atoms with E-state index in [0.717, 1.165) is 31.2 Å². The molecule has 1 saturated carbocycles. The van der Waals surface area contributed by atoms with Crippen LogP contribution in [0, 0.1) is 16.7 Å². The van der Waals surface area contributed by atoms with E-state index in [1.54, 1.807) is 6.20 Å². The molecule has 1 atom stereocenters. The molecule has 0 amide bonds. The van der Waals surface area contributed by atoms with Crippen LogP contribution in [-0.2, 0) is 0 Å². The maximum atomic E-state index is 10.6. The Hall–Kier alpha value is -1.34. The number of nitrogens with zero attached hydrogens (tertiary/aromatic N) is 3. The second-order valence-electron chi connectivity index (χ2n) is 5.93. The summed E-state index contributed by atoms with van der Waals surface area (Å²) in [6.45, 7) is 4.10. The second kappa shape index (κ2) is 5.75. The Morgan fingerprint density at radius 1 is 1.32 bits per heavy atom. The van der Waals surface area contributed by atoms with Crippen LogP contribution < -0.4 is 0 Å². The number of nitriles is 1. The minimum Gasteiger partial charge on any atom is -0.387 e. The number of aliphatic hydroxyl groups excluding tert-OH is 1. The summed E-state index contributed by atoms with van der Waals surface area (Å²) in [6.07, 6.45) is 8.83. The minimum absolute atomic E-state index is 0.271. The lowest BCUT2D eigenvalue weighted by molar-refractivity contribution is 0.0515. The number of hydrogen-bond acceptors (Lipinski definition) is 3. The maximum Gasteiger partial charge on any atom is 0.101 e. The molecule has 0 aromatic carbocycles. The van der Waals surface area contributed by atoms with Gasteiger partial charge >= 0.3 is 0 Å². The van der Waals surface area contributed by atoms with Crippen molar-refractivity contribution < 1.29 is 5.11 Å². The van der Waals surface area contributed by atoms with Gasteiger partial charge in [0.1, 0.15) is 6.10 Å². The first kappa shape index (κ1) is 14.1. The van der Waals surface area contributed by atoms with Gasteiger partial charge in [-0.25, -0.2) is 0 Å². The van der Waals surface area contributed by atoms with Crippen LogP contribution in [0.25, 0.3) is 0 Å². The fraction of sp³-hybridized carbons (Fsp3) is 0.733. The predicted octanol–water partition coefficient (Wildman–Crippen LogP) is 3.36. The van der Waals surface area contributed by atoms with E-state index in [0.29, 0.717) is 0 Å². The van der Waals surface area contributed by atoms with Crippen LogP contribution in [0.1, 0.15) is 70.1 Å². The largest absolute Gasteiger partial charge is 0.387 e. The topological polar surface area (TPSA) is 61.8 Å². The Bertz CT molecular complexity index is 450. The van der Waals surface area contributed by atoms with Crippen molar-refractivity contribution in [2.24, 2.45) is 5.41 Å². The first-order valence-electron chi connectivity index (χ1n) is 7.22. The summed E-state index contributed by atoms with van der Waals surface area (Å²) < 4.78 is 1.83. The van der Waals surface area contributed by atoms with E-state index in [1.807, 2.05) is 10.9 Å². The molecule has 104 valence electrons. The fourth-order valence-corrected chi connectivity index (χ4v) is 2.90. The molecule has 4 heteroatoms. The van der Waals surface area contributed by atoms with Gasteiger partial charge in [0.25, 0.3) is 0 Å². The van der Waals surface area contributed by atoms with E-state index < -0.39 is 11.5 Å². The zero-order valence-corrected chi connectivity index (χ0v) is 11.8. The lowest BCUT2D eigenvalue weighted by Crippen LogP contribution is -2.26. The minimum atomic E-state index is -0.719. The number of aromatic nitrogens is 2. The normalized spacial score (nSPS) is 20.8. The van der Waals surface area contributed by atoms with Crippen LogP contribution in [0.2, 0.25) is 0 Å². The van der Waals surface area contributed by atoms with Crippen LogP contribution >= 0.6 is 0 Å². The van der Waals surface area contributed by atoms with Crippen molar-refractivity contribution in [3.8, 4) is 6.07 Å². The molecule has 19 heavy (non-hydrogen) atoms. The molecule has 1 aromatic rings. The smallest absolute Gasteiger partial charge is 0.101 e. The van der Waals surface area contributed by atoms with Gasteiger partial charge in [-0.05, 0) is 26.7 Å². The Morgan fingerprint density at radius 3 is 2.42 bits per heavy atom. The lowest BCUT2D eigenvalue weighted by Gasteiger charge is -2.29. The van der Waals surface area contributed by atoms with Crippen molar-refractivity contribution in [1.82, 2.24) is 9.78 Å². The van der Waals surface area contributed by atoms with Gasteiger partial charge in [0.15, 0.2) is 0 Å². The van der Waals surface area contributed by atoms with Crippen LogP contribution in [0.3, 0.4) is 0 Å². The van der Waals surface area contributed by atoms with Crippen LogP contribution in [0.15, 0.2) is 12.4 Å². The molecule has 4 nitrogen and oxygen atoms in total. The average Bonchev–Trinajstić information content (AvgIpc) is 2.77. The quantitative estimate of drug-likeness (QED) is 0.849. The van der Waals surface area contributed by atoms with Crippen molar-refractivity contribution in [3.05, 3.63) is 18.0 Å². The molecule has 1 unspecified atom stereocenters. The third-order valence-corrected chi connectivity index (χ3v) is 4.21. The molecule has 1 fully saturated rings. The molecule has 1 aliphatic rings. The van der Waals surface area contributed by atoms with Gasteiger partial charge in [0.2, 0.25) is 0 Å². The number of aliphatic hydroxyl groups is 1. The van der Waals surface area contributed by atoms with E-state index in [2.05, 4.69) is 25.0 Å². The first-order chi connectivity index (χ1) is 9.09. The first-order valence-corrected chi connectivity index (χ1v) is 7.22. The highest BCUT2D eigenvalue weighted by atomic mass is 16.3. The highest BCUT2D eigenvalue weighted by Crippen LogP contribution is 2.44. The summed E-state index contributed by atoms with van der Waals surface area (Å²) in [5.74, 6) is 0. The highest BCUT2D eigenvalue weighted by molar-refractivity contribution is 5.18. The van der Waals surface area contributed by atoms with Crippen molar-refractivity contribution in [3.63, 3.8) is 0 Å². The lowest BCUT2D eigenvalue weighted by atomic mass is 9.75. The summed E-state index contributed by atoms with van der Waals surface area (Å²) in [4.78, 5) is 0. The Labute approximate surface area is 115 Å². The summed E-state index contributed by atoms with van der Waals surface area (Å²) >= 11 is 0. The SMILES string of the molecule is CC(C)n1cc(C(O)C2(C#N)CCCCCC2)cn1. The highest BCUT2D eigenvalue weighted by Gasteiger charge is 2.39. The summed E-state index contributed by atoms with van der Waals surface area (Å²) in [7, 11) is 0. The molecule has 1 N–H and O–H groups in total. The molecule has 1 aromatic heterocycles. The predicted molar refractivity (Wildman–Crippen MR) is 73.3 cm³/mol. The van der Waals surface area contributed by atoms with Crippen LogP contribution in [0.4, 0.5) is 0 Å². The van der Waals surface area contributed by atoms with E-state index in [9.17, 15) is 10.4 Å². The number of hydrogen-bond donors (Lipinski definition) is 1. The third kappa shape index (κ3) is 2.82. The zero-order valence-electron chi connectivity index (χ0n) is 11.8. The summed E-state index contributed by atoms with van der Waals surface area (Å²) in [5.41, 5.74) is 0.151. The molecule has 0 radical (unpaired) electrons. The average molecular weight is 261 g/mol. The molecule has 1 heterocycles. The summed E-state index contributed by atoms with van der Waals surface area (Å²) in [5, 5.41) is 24.5. The van der Waals surface area contributed by atoms with Gasteiger partial charge in [0.05, 0.1) is 17.7 Å². The van der Waals surface area contributed by atoms with Crippen LogP contribution in [-0.4, -0.2) is 14.9 Å². The zero-order chi connectivity index (χ0) is 13.9. The Balaban J connectivity index is 2.24. The van der Waals surface area contributed by atoms with E-state index in [4.69, 9.17) is 0 Å². The molecule has 0 saturated heterocycles. The van der Waals surface area contributed by atoms with Gasteiger partial charge < -0.3 is 5.11 Å². The molecule has 0 aliphatic heterocycles. The van der Waals surface area contributed by atoms with Crippen molar-refractivity contribution in [2.75, 3.05) is 0 Å². The molecule has 1 aliphatic carbocycles. The maximum absolute atomic E-state index is 10.6. The van der Waals surface area contributed by atoms with Gasteiger partial charge in [-0.15, -0.1) is 0 Å². The van der Waals surface area contributed by atoms with Crippen molar-refractivity contribution in [2.45, 2.75) is 64.5 Å². The monoisotopic (exact) mass is 261 g/mol. The Kier molecular flexibility index (Phi) is 4.26. The Morgan fingerprint density at radius 2 is 1.95 bits per heavy atom. The van der Waals surface area contributed by atoms with Crippen LogP contribution in [0.5, 0.6) is 0 Å². The van der Waals surface area contributed by atoms with Crippen molar-refractivity contribution in [1.29, 1.82) is 5.26 Å². The van der Waals surface area contributed by atoms with Gasteiger partial charge in [0, 0.05) is 17.8 Å². The fourth-order valence-electron chi connectivity index (χ4n) is 2.90. The molecule has 0 bridgehead atoms. The van der Waals surface area contributed by atoms with E-state index in [-0.39, 0.29) is 6.04 Å². The van der Waals surface area contributed by atoms with E-state index in [1.165, 1.54) is 12.8 Å². The van der Waals surface area contributed by atoms with Gasteiger partial charge in [-0.1, -0.05) is 25.7 Å². The summed E-state index contributed by atoms with van der Waals surface area (Å²) in [6, 6.07) is 2.68. The van der Waals surface area contributed by atoms with Gasteiger partial charge in [-0.3, -0.25) is 4.68 Å². The van der Waals surface area contributed by atoms with Gasteiger partial charge in [-0.2, -0.15) is 10.4 Å². The standard InChI is InChI=1S/C15H23N3O/c1-12(2)18-10-13(9-17-18)14(19)15(11-16)7-5-3-4-6-8-15/h9-10,12,14,19H,3-8H2,1-2H3. The molecular formula is C15H23N3O. The molecular weight excluding hydrogens is 238 g/mol. The number of rotatable bonds is 3. The molecule has 2 rings (SSSR count).